The Balaban J connectivity index is 2.04. The molecule has 1 aliphatic rings. The second kappa shape index (κ2) is 6.35. The summed E-state index contributed by atoms with van der Waals surface area (Å²) in [7, 11) is 3.76. The predicted molar refractivity (Wildman–Crippen MR) is 77.6 cm³/mol. The van der Waals surface area contributed by atoms with Crippen LogP contribution in [0.2, 0.25) is 0 Å². The van der Waals surface area contributed by atoms with Crippen LogP contribution in [-0.2, 0) is 6.54 Å². The lowest BCUT2D eigenvalue weighted by atomic mass is 10.1. The number of ether oxygens (including phenoxy) is 1. The molecule has 0 radical (unpaired) electrons. The molecule has 1 aromatic heterocycles. The Hall–Kier alpha value is -1.13. The van der Waals surface area contributed by atoms with Crippen molar-refractivity contribution in [2.75, 3.05) is 33.8 Å². The van der Waals surface area contributed by atoms with Gasteiger partial charge in [0.15, 0.2) is 0 Å². The summed E-state index contributed by atoms with van der Waals surface area (Å²) in [5.41, 5.74) is 3.44. The van der Waals surface area contributed by atoms with E-state index in [1.54, 1.807) is 7.11 Å². The van der Waals surface area contributed by atoms with Crippen molar-refractivity contribution >= 4 is 0 Å². The second-order valence-electron chi connectivity index (χ2n) is 5.49. The normalized spacial score (nSPS) is 19.9. The van der Waals surface area contributed by atoms with Gasteiger partial charge in [0.25, 0.3) is 0 Å². The first kappa shape index (κ1) is 14.3. The zero-order chi connectivity index (χ0) is 13.8. The van der Waals surface area contributed by atoms with Crippen molar-refractivity contribution in [1.82, 2.24) is 15.2 Å². The van der Waals surface area contributed by atoms with E-state index >= 15 is 0 Å². The monoisotopic (exact) mass is 263 g/mol. The van der Waals surface area contributed by atoms with Crippen LogP contribution in [0, 0.1) is 19.8 Å². The van der Waals surface area contributed by atoms with Crippen LogP contribution >= 0.6 is 0 Å². The van der Waals surface area contributed by atoms with Gasteiger partial charge in [-0.15, -0.1) is 0 Å². The van der Waals surface area contributed by atoms with Crippen molar-refractivity contribution in [3.63, 3.8) is 0 Å². The molecular weight excluding hydrogens is 238 g/mol. The number of nitrogens with one attached hydrogen (secondary N) is 1. The van der Waals surface area contributed by atoms with Gasteiger partial charge >= 0.3 is 0 Å². The van der Waals surface area contributed by atoms with Gasteiger partial charge in [0, 0.05) is 30.4 Å². The fourth-order valence-electron chi connectivity index (χ4n) is 2.95. The molecule has 1 unspecified atom stereocenters. The van der Waals surface area contributed by atoms with Crippen LogP contribution in [0.1, 0.15) is 23.2 Å². The van der Waals surface area contributed by atoms with Gasteiger partial charge in [-0.2, -0.15) is 0 Å². The fourth-order valence-corrected chi connectivity index (χ4v) is 2.95. The van der Waals surface area contributed by atoms with Crippen molar-refractivity contribution < 1.29 is 4.74 Å². The highest BCUT2D eigenvalue weighted by atomic mass is 16.5. The molecule has 2 rings (SSSR count). The Morgan fingerprint density at radius 1 is 1.47 bits per heavy atom. The number of likely N-dealkylation sites (tertiary alicyclic amines) is 1. The minimum absolute atomic E-state index is 0.776. The average molecular weight is 263 g/mol. The number of aryl methyl sites for hydroxylation is 1. The van der Waals surface area contributed by atoms with E-state index in [-0.39, 0.29) is 0 Å². The third kappa shape index (κ3) is 3.25. The van der Waals surface area contributed by atoms with E-state index in [0.29, 0.717) is 0 Å². The number of hydrogen-bond donors (Lipinski definition) is 1. The van der Waals surface area contributed by atoms with E-state index in [9.17, 15) is 0 Å². The van der Waals surface area contributed by atoms with Gasteiger partial charge in [0.1, 0.15) is 5.75 Å². The average Bonchev–Trinajstić information content (AvgIpc) is 2.82. The molecule has 1 saturated heterocycles. The Morgan fingerprint density at radius 3 is 2.95 bits per heavy atom. The third-order valence-electron chi connectivity index (χ3n) is 3.99. The number of methoxy groups -OCH3 is 1. The molecule has 1 N–H and O–H groups in total. The maximum Gasteiger partial charge on any atom is 0.128 e. The molecule has 0 bridgehead atoms. The van der Waals surface area contributed by atoms with Crippen molar-refractivity contribution in [2.45, 2.75) is 26.8 Å². The van der Waals surface area contributed by atoms with E-state index in [1.807, 2.05) is 20.2 Å². The van der Waals surface area contributed by atoms with Crippen LogP contribution in [0.5, 0.6) is 5.75 Å². The molecule has 4 nitrogen and oxygen atoms in total. The summed E-state index contributed by atoms with van der Waals surface area (Å²) >= 11 is 0. The molecule has 0 amide bonds. The lowest BCUT2D eigenvalue weighted by Gasteiger charge is -2.18. The quantitative estimate of drug-likeness (QED) is 0.878. The minimum Gasteiger partial charge on any atom is -0.496 e. The van der Waals surface area contributed by atoms with E-state index in [2.05, 4.69) is 22.1 Å². The molecule has 0 aromatic carbocycles. The molecule has 106 valence electrons. The largest absolute Gasteiger partial charge is 0.496 e. The maximum atomic E-state index is 5.47. The van der Waals surface area contributed by atoms with Crippen molar-refractivity contribution in [2.24, 2.45) is 5.92 Å². The number of aromatic nitrogens is 1. The summed E-state index contributed by atoms with van der Waals surface area (Å²) in [4.78, 5) is 7.08. The highest BCUT2D eigenvalue weighted by Crippen LogP contribution is 2.26. The smallest absolute Gasteiger partial charge is 0.128 e. The van der Waals surface area contributed by atoms with Gasteiger partial charge in [-0.05, 0) is 46.3 Å². The number of pyridine rings is 1. The van der Waals surface area contributed by atoms with Crippen molar-refractivity contribution in [3.8, 4) is 5.75 Å². The molecule has 1 aliphatic heterocycles. The summed E-state index contributed by atoms with van der Waals surface area (Å²) in [5, 5.41) is 3.27. The molecule has 4 heteroatoms. The highest BCUT2D eigenvalue weighted by Gasteiger charge is 2.23. The van der Waals surface area contributed by atoms with Crippen molar-refractivity contribution in [1.29, 1.82) is 0 Å². The summed E-state index contributed by atoms with van der Waals surface area (Å²) in [6.45, 7) is 8.53. The summed E-state index contributed by atoms with van der Waals surface area (Å²) in [6, 6.07) is 0. The number of hydrogen-bond acceptors (Lipinski definition) is 4. The summed E-state index contributed by atoms with van der Waals surface area (Å²) in [6.07, 6.45) is 3.20. The van der Waals surface area contributed by atoms with Crippen LogP contribution in [0.25, 0.3) is 0 Å². The summed E-state index contributed by atoms with van der Waals surface area (Å²) < 4.78 is 5.47. The van der Waals surface area contributed by atoms with Gasteiger partial charge < -0.3 is 10.1 Å². The predicted octanol–water partition coefficient (Wildman–Crippen LogP) is 1.75. The van der Waals surface area contributed by atoms with Crippen LogP contribution in [0.4, 0.5) is 0 Å². The van der Waals surface area contributed by atoms with Crippen LogP contribution < -0.4 is 10.1 Å². The molecule has 0 aliphatic carbocycles. The second-order valence-corrected chi connectivity index (χ2v) is 5.49. The Labute approximate surface area is 116 Å². The van der Waals surface area contributed by atoms with Crippen LogP contribution in [0.15, 0.2) is 6.20 Å². The first-order valence-electron chi connectivity index (χ1n) is 7.01. The van der Waals surface area contributed by atoms with E-state index in [0.717, 1.165) is 42.6 Å². The van der Waals surface area contributed by atoms with Crippen LogP contribution in [0.3, 0.4) is 0 Å². The van der Waals surface area contributed by atoms with Gasteiger partial charge in [0.05, 0.1) is 12.8 Å². The zero-order valence-corrected chi connectivity index (χ0v) is 12.5. The standard InChI is InChI=1S/C15H25N3O/c1-11-7-17-14(12(2)15(11)19-4)10-18-6-5-13(9-18)8-16-3/h7,13,16H,5-6,8-10H2,1-4H3. The molecule has 1 aromatic rings. The number of rotatable bonds is 5. The van der Waals surface area contributed by atoms with E-state index in [4.69, 9.17) is 4.74 Å². The highest BCUT2D eigenvalue weighted by molar-refractivity contribution is 5.41. The minimum atomic E-state index is 0.776. The molecule has 2 heterocycles. The number of nitrogens with zero attached hydrogens (tertiary/aromatic N) is 2. The molecular formula is C15H25N3O. The Kier molecular flexibility index (Phi) is 4.77. The first-order valence-corrected chi connectivity index (χ1v) is 7.01. The van der Waals surface area contributed by atoms with Gasteiger partial charge in [0.2, 0.25) is 0 Å². The van der Waals surface area contributed by atoms with Crippen molar-refractivity contribution in [3.05, 3.63) is 23.0 Å². The maximum absolute atomic E-state index is 5.47. The topological polar surface area (TPSA) is 37.4 Å². The van der Waals surface area contributed by atoms with Crippen LogP contribution in [-0.4, -0.2) is 43.7 Å². The SMILES string of the molecule is CNCC1CCN(Cc2ncc(C)c(OC)c2C)C1. The lowest BCUT2D eigenvalue weighted by molar-refractivity contribution is 0.309. The van der Waals surface area contributed by atoms with E-state index in [1.165, 1.54) is 18.5 Å². The Morgan fingerprint density at radius 2 is 2.26 bits per heavy atom. The summed E-state index contributed by atoms with van der Waals surface area (Å²) in [5.74, 6) is 1.76. The molecule has 19 heavy (non-hydrogen) atoms. The third-order valence-corrected chi connectivity index (χ3v) is 3.99. The van der Waals surface area contributed by atoms with Gasteiger partial charge in [-0.3, -0.25) is 9.88 Å². The van der Waals surface area contributed by atoms with Gasteiger partial charge in [-0.1, -0.05) is 0 Å². The van der Waals surface area contributed by atoms with E-state index < -0.39 is 0 Å². The molecule has 1 fully saturated rings. The van der Waals surface area contributed by atoms with Gasteiger partial charge in [-0.25, -0.2) is 0 Å². The molecule has 0 spiro atoms. The first-order chi connectivity index (χ1) is 9.15. The lowest BCUT2D eigenvalue weighted by Crippen LogP contribution is -2.25. The molecule has 1 atom stereocenters. The fraction of sp³-hybridized carbons (Fsp3) is 0.667. The molecule has 0 saturated carbocycles. The Bertz CT molecular complexity index is 434. The zero-order valence-electron chi connectivity index (χ0n) is 12.5.